The molecule has 3 aromatic rings. The monoisotopic (exact) mass is 471 g/mol. The van der Waals surface area contributed by atoms with Crippen molar-refractivity contribution >= 4 is 35.1 Å². The van der Waals surface area contributed by atoms with Crippen LogP contribution in [-0.4, -0.2) is 31.4 Å². The van der Waals surface area contributed by atoms with Crippen LogP contribution in [0.25, 0.3) is 11.4 Å². The third-order valence-corrected chi connectivity index (χ3v) is 4.88. The van der Waals surface area contributed by atoms with Crippen molar-refractivity contribution in [2.45, 2.75) is 27.7 Å². The zero-order valence-electron chi connectivity index (χ0n) is 14.1. The lowest BCUT2D eigenvalue weighted by Crippen LogP contribution is -2.11. The first-order chi connectivity index (χ1) is 13.5. The molecule has 5 nitrogen and oxygen atoms in total. The van der Waals surface area contributed by atoms with Crippen molar-refractivity contribution in [1.82, 2.24) is 25.1 Å². The number of nitrogens with one attached hydrogen (secondary N) is 1. The standard InChI is InChI=1S/C15H8ClF6N5S2/c1-28-12-23-9(16)5-10(24-12)29-13-25-11(26-27-13)6-2-7(14(17,18)19)4-8(3-6)15(20,21)22/h2-5H,1H3,(H,25,26,27). The van der Waals surface area contributed by atoms with Gasteiger partial charge in [-0.3, -0.25) is 5.10 Å². The molecule has 0 aliphatic heterocycles. The molecule has 154 valence electrons. The Kier molecular flexibility index (Phi) is 6.01. The molecule has 1 aromatic carbocycles. The number of hydrogen-bond acceptors (Lipinski definition) is 6. The van der Waals surface area contributed by atoms with Gasteiger partial charge in [-0.15, -0.1) is 5.10 Å². The lowest BCUT2D eigenvalue weighted by molar-refractivity contribution is -0.143. The third-order valence-electron chi connectivity index (χ3n) is 3.36. The lowest BCUT2D eigenvalue weighted by Gasteiger charge is -2.13. The molecule has 0 aliphatic carbocycles. The number of benzene rings is 1. The van der Waals surface area contributed by atoms with E-state index in [9.17, 15) is 26.3 Å². The van der Waals surface area contributed by atoms with Crippen LogP contribution in [0.2, 0.25) is 5.15 Å². The molecule has 0 fully saturated rings. The van der Waals surface area contributed by atoms with Gasteiger partial charge in [0, 0.05) is 11.6 Å². The van der Waals surface area contributed by atoms with Crippen LogP contribution in [0.1, 0.15) is 11.1 Å². The van der Waals surface area contributed by atoms with Gasteiger partial charge in [-0.1, -0.05) is 23.4 Å². The molecule has 29 heavy (non-hydrogen) atoms. The largest absolute Gasteiger partial charge is 0.416 e. The van der Waals surface area contributed by atoms with Gasteiger partial charge in [-0.25, -0.2) is 15.0 Å². The molecule has 1 N–H and O–H groups in total. The minimum Gasteiger partial charge on any atom is -0.258 e. The molecule has 0 spiro atoms. The number of rotatable bonds is 4. The fourth-order valence-electron chi connectivity index (χ4n) is 2.13. The van der Waals surface area contributed by atoms with Crippen molar-refractivity contribution < 1.29 is 26.3 Å². The Morgan fingerprint density at radius 1 is 0.862 bits per heavy atom. The summed E-state index contributed by atoms with van der Waals surface area (Å²) in [5, 5.41) is 7.09. The van der Waals surface area contributed by atoms with Crippen molar-refractivity contribution in [1.29, 1.82) is 0 Å². The first kappa shape index (κ1) is 21.7. The van der Waals surface area contributed by atoms with Crippen LogP contribution in [0.15, 0.2) is 39.6 Å². The highest BCUT2D eigenvalue weighted by Crippen LogP contribution is 2.38. The first-order valence-corrected chi connectivity index (χ1v) is 9.86. The van der Waals surface area contributed by atoms with E-state index in [1.54, 1.807) is 6.26 Å². The molecule has 0 saturated heterocycles. The van der Waals surface area contributed by atoms with Crippen LogP contribution in [0.4, 0.5) is 26.3 Å². The topological polar surface area (TPSA) is 67.3 Å². The molecular weight excluding hydrogens is 464 g/mol. The summed E-state index contributed by atoms with van der Waals surface area (Å²) in [5.74, 6) is -0.255. The predicted molar refractivity (Wildman–Crippen MR) is 94.8 cm³/mol. The lowest BCUT2D eigenvalue weighted by atomic mass is 10.0. The van der Waals surface area contributed by atoms with Gasteiger partial charge in [-0.05, 0) is 36.2 Å². The highest BCUT2D eigenvalue weighted by molar-refractivity contribution is 7.99. The smallest absolute Gasteiger partial charge is 0.258 e. The van der Waals surface area contributed by atoms with E-state index in [4.69, 9.17) is 11.6 Å². The van der Waals surface area contributed by atoms with Gasteiger partial charge >= 0.3 is 12.4 Å². The molecule has 14 heteroatoms. The number of H-pyrrole nitrogens is 1. The van der Waals surface area contributed by atoms with Gasteiger partial charge < -0.3 is 0 Å². The van der Waals surface area contributed by atoms with Gasteiger partial charge in [-0.2, -0.15) is 26.3 Å². The number of aromatic amines is 1. The van der Waals surface area contributed by atoms with Crippen molar-refractivity contribution in [2.24, 2.45) is 0 Å². The molecule has 0 aliphatic rings. The number of halogens is 7. The third kappa shape index (κ3) is 5.34. The Bertz CT molecular complexity index is 1000. The first-order valence-electron chi connectivity index (χ1n) is 7.44. The molecule has 0 saturated carbocycles. The Morgan fingerprint density at radius 3 is 2.03 bits per heavy atom. The van der Waals surface area contributed by atoms with Crippen LogP contribution in [0.5, 0.6) is 0 Å². The van der Waals surface area contributed by atoms with E-state index < -0.39 is 29.0 Å². The Hall–Kier alpha value is -1.99. The van der Waals surface area contributed by atoms with Crippen LogP contribution >= 0.6 is 35.1 Å². The molecule has 0 bridgehead atoms. The van der Waals surface area contributed by atoms with Crippen molar-refractivity contribution in [3.05, 3.63) is 40.5 Å². The minimum absolute atomic E-state index is 0.0350. The maximum atomic E-state index is 13.0. The molecule has 0 radical (unpaired) electrons. The molecule has 2 aromatic heterocycles. The summed E-state index contributed by atoms with van der Waals surface area (Å²) in [5.41, 5.74) is -3.29. The highest BCUT2D eigenvalue weighted by atomic mass is 35.5. The van der Waals surface area contributed by atoms with E-state index in [0.29, 0.717) is 22.3 Å². The van der Waals surface area contributed by atoms with Crippen LogP contribution in [-0.2, 0) is 12.4 Å². The van der Waals surface area contributed by atoms with Crippen LogP contribution in [0.3, 0.4) is 0 Å². The van der Waals surface area contributed by atoms with E-state index in [1.165, 1.54) is 17.8 Å². The quantitative estimate of drug-likeness (QED) is 0.224. The SMILES string of the molecule is CSc1nc(Cl)cc(Sc2n[nH]c(-c3cc(C(F)(F)F)cc(C(F)(F)F)c3)n2)n1. The zero-order chi connectivity index (χ0) is 21.4. The Labute approximate surface area is 172 Å². The van der Waals surface area contributed by atoms with E-state index in [2.05, 4.69) is 25.1 Å². The Morgan fingerprint density at radius 2 is 1.48 bits per heavy atom. The number of alkyl halides is 6. The summed E-state index contributed by atoms with van der Waals surface area (Å²) < 4.78 is 78.0. The predicted octanol–water partition coefficient (Wildman–Crippen LogP) is 5.83. The summed E-state index contributed by atoms with van der Waals surface area (Å²) in [6.45, 7) is 0. The Balaban J connectivity index is 1.97. The van der Waals surface area contributed by atoms with E-state index in [1.807, 2.05) is 0 Å². The second kappa shape index (κ2) is 8.03. The van der Waals surface area contributed by atoms with Gasteiger partial charge in [0.2, 0.25) is 5.16 Å². The molecule has 3 rings (SSSR count). The molecule has 2 heterocycles. The second-order valence-corrected chi connectivity index (χ2v) is 7.53. The number of hydrogen-bond donors (Lipinski definition) is 1. The number of aromatic nitrogens is 5. The van der Waals surface area contributed by atoms with Crippen molar-refractivity contribution in [3.63, 3.8) is 0 Å². The maximum absolute atomic E-state index is 13.0. The minimum atomic E-state index is -4.96. The average Bonchev–Trinajstić information content (AvgIpc) is 3.07. The molecule has 0 amide bonds. The molecule has 0 atom stereocenters. The maximum Gasteiger partial charge on any atom is 0.416 e. The van der Waals surface area contributed by atoms with E-state index >= 15 is 0 Å². The van der Waals surface area contributed by atoms with Gasteiger partial charge in [0.15, 0.2) is 11.0 Å². The number of thioether (sulfide) groups is 1. The summed E-state index contributed by atoms with van der Waals surface area (Å²) in [6, 6.07) is 2.60. The summed E-state index contributed by atoms with van der Waals surface area (Å²) in [6.07, 6.45) is -8.18. The van der Waals surface area contributed by atoms with Gasteiger partial charge in [0.1, 0.15) is 10.2 Å². The molecular formula is C15H8ClF6N5S2. The average molecular weight is 472 g/mol. The van der Waals surface area contributed by atoms with Crippen molar-refractivity contribution in [2.75, 3.05) is 6.26 Å². The second-order valence-electron chi connectivity index (χ2n) is 5.38. The van der Waals surface area contributed by atoms with Gasteiger partial charge in [0.05, 0.1) is 11.1 Å². The summed E-state index contributed by atoms with van der Waals surface area (Å²) in [7, 11) is 0. The number of nitrogens with zero attached hydrogens (tertiary/aromatic N) is 4. The fraction of sp³-hybridized carbons (Fsp3) is 0.200. The summed E-state index contributed by atoms with van der Waals surface area (Å²) in [4.78, 5) is 12.1. The normalized spacial score (nSPS) is 12.4. The van der Waals surface area contributed by atoms with E-state index in [0.717, 1.165) is 11.8 Å². The highest BCUT2D eigenvalue weighted by Gasteiger charge is 2.37. The fourth-order valence-corrected chi connectivity index (χ4v) is 3.58. The van der Waals surface area contributed by atoms with Crippen LogP contribution in [0, 0.1) is 0 Å². The van der Waals surface area contributed by atoms with E-state index in [-0.39, 0.29) is 22.2 Å². The zero-order valence-corrected chi connectivity index (χ0v) is 16.4. The van der Waals surface area contributed by atoms with Gasteiger partial charge in [0.25, 0.3) is 0 Å². The molecule has 0 unspecified atom stereocenters. The van der Waals surface area contributed by atoms with Crippen molar-refractivity contribution in [3.8, 4) is 11.4 Å². The summed E-state index contributed by atoms with van der Waals surface area (Å²) >= 11 is 8.03. The van der Waals surface area contributed by atoms with Crippen LogP contribution < -0.4 is 0 Å².